The molecule has 19 heavy (non-hydrogen) atoms. The van der Waals surface area contributed by atoms with Crippen LogP contribution in [0.5, 0.6) is 5.75 Å². The second kappa shape index (κ2) is 4.18. The van der Waals surface area contributed by atoms with Gasteiger partial charge in [0.2, 0.25) is 5.43 Å². The lowest BCUT2D eigenvalue weighted by atomic mass is 10.2. The molecular formula is C10H10F3N3O3. The van der Waals surface area contributed by atoms with Crippen LogP contribution in [0.4, 0.5) is 13.2 Å². The molecule has 9 heteroatoms. The number of aromatic nitrogens is 1. The highest BCUT2D eigenvalue weighted by Gasteiger charge is 2.44. The van der Waals surface area contributed by atoms with Gasteiger partial charge in [-0.15, -0.1) is 0 Å². The van der Waals surface area contributed by atoms with E-state index >= 15 is 0 Å². The molecule has 0 aromatic carbocycles. The number of rotatable bonds is 1. The van der Waals surface area contributed by atoms with E-state index in [0.29, 0.717) is 4.90 Å². The van der Waals surface area contributed by atoms with Crippen molar-refractivity contribution < 1.29 is 23.1 Å². The summed E-state index contributed by atoms with van der Waals surface area (Å²) in [5, 5.41) is 9.51. The first kappa shape index (κ1) is 13.2. The van der Waals surface area contributed by atoms with Gasteiger partial charge in [-0.3, -0.25) is 14.3 Å². The van der Waals surface area contributed by atoms with Crippen LogP contribution < -0.4 is 10.9 Å². The van der Waals surface area contributed by atoms with Crippen LogP contribution >= 0.6 is 0 Å². The van der Waals surface area contributed by atoms with E-state index in [4.69, 9.17) is 0 Å². The number of nitrogens with zero attached hydrogens (tertiary/aromatic N) is 2. The molecule has 1 aliphatic heterocycles. The minimum Gasteiger partial charge on any atom is -0.502 e. The molecule has 2 rings (SSSR count). The molecule has 0 bridgehead atoms. The van der Waals surface area contributed by atoms with Crippen LogP contribution in [0, 0.1) is 0 Å². The van der Waals surface area contributed by atoms with Gasteiger partial charge in [-0.25, -0.2) is 0 Å². The molecule has 1 aromatic rings. The summed E-state index contributed by atoms with van der Waals surface area (Å²) < 4.78 is 38.9. The predicted molar refractivity (Wildman–Crippen MR) is 58.3 cm³/mol. The average Bonchev–Trinajstić information content (AvgIpc) is 2.32. The molecule has 0 aliphatic carbocycles. The summed E-state index contributed by atoms with van der Waals surface area (Å²) in [5.41, 5.74) is 1.15. The zero-order valence-corrected chi connectivity index (χ0v) is 9.73. The highest BCUT2D eigenvalue weighted by Crippen LogP contribution is 2.27. The number of carbonyl (C=O) groups is 1. The number of pyridine rings is 1. The molecule has 1 atom stereocenters. The standard InChI is InChI=1S/C10H10F3N3O3/c1-5(10(11,12)13)15-4-14-16-3-2-6(17)8(18)7(16)9(15)19/h2-3,5,14,18H,4H2,1H3. The molecule has 0 spiro atoms. The van der Waals surface area contributed by atoms with Gasteiger partial charge in [-0.05, 0) is 6.92 Å². The smallest absolute Gasteiger partial charge is 0.408 e. The van der Waals surface area contributed by atoms with Crippen LogP contribution in [0.15, 0.2) is 17.1 Å². The molecule has 104 valence electrons. The lowest BCUT2D eigenvalue weighted by Gasteiger charge is -2.35. The van der Waals surface area contributed by atoms with Crippen molar-refractivity contribution in [1.29, 1.82) is 0 Å². The summed E-state index contributed by atoms with van der Waals surface area (Å²) >= 11 is 0. The fourth-order valence-corrected chi connectivity index (χ4v) is 1.71. The maximum absolute atomic E-state index is 12.6. The van der Waals surface area contributed by atoms with Crippen LogP contribution in [-0.4, -0.2) is 39.5 Å². The number of amides is 1. The molecule has 2 N–H and O–H groups in total. The van der Waals surface area contributed by atoms with E-state index in [0.717, 1.165) is 17.7 Å². The highest BCUT2D eigenvalue weighted by atomic mass is 19.4. The third-order valence-electron chi connectivity index (χ3n) is 2.89. The Morgan fingerprint density at radius 3 is 2.63 bits per heavy atom. The summed E-state index contributed by atoms with van der Waals surface area (Å²) in [5.74, 6) is -1.93. The normalized spacial score (nSPS) is 16.8. The Labute approximate surface area is 105 Å². The topological polar surface area (TPSA) is 74.6 Å². The zero-order chi connectivity index (χ0) is 14.4. The summed E-state index contributed by atoms with van der Waals surface area (Å²) in [6.45, 7) is 0.447. The Morgan fingerprint density at radius 1 is 1.42 bits per heavy atom. The van der Waals surface area contributed by atoms with E-state index in [1.165, 1.54) is 6.20 Å². The van der Waals surface area contributed by atoms with Crippen molar-refractivity contribution in [3.8, 4) is 5.75 Å². The number of aromatic hydroxyl groups is 1. The van der Waals surface area contributed by atoms with E-state index in [9.17, 15) is 27.9 Å². The molecule has 1 amide bonds. The van der Waals surface area contributed by atoms with Crippen LogP contribution in [0.3, 0.4) is 0 Å². The summed E-state index contributed by atoms with van der Waals surface area (Å²) in [7, 11) is 0. The van der Waals surface area contributed by atoms with E-state index in [-0.39, 0.29) is 6.67 Å². The SMILES string of the molecule is CC(N1CNn2ccc(=O)c(O)c2C1=O)C(F)(F)F. The third-order valence-corrected chi connectivity index (χ3v) is 2.89. The fraction of sp³-hybridized carbons (Fsp3) is 0.400. The van der Waals surface area contributed by atoms with Gasteiger partial charge in [0, 0.05) is 12.3 Å². The third kappa shape index (κ3) is 2.11. The lowest BCUT2D eigenvalue weighted by Crippen LogP contribution is -2.54. The lowest BCUT2D eigenvalue weighted by molar-refractivity contribution is -0.172. The maximum atomic E-state index is 12.6. The Hall–Kier alpha value is -2.19. The van der Waals surface area contributed by atoms with Crippen molar-refractivity contribution in [3.05, 3.63) is 28.2 Å². The fourth-order valence-electron chi connectivity index (χ4n) is 1.71. The van der Waals surface area contributed by atoms with Crippen LogP contribution in [0.25, 0.3) is 0 Å². The van der Waals surface area contributed by atoms with Gasteiger partial charge in [-0.1, -0.05) is 0 Å². The monoisotopic (exact) mass is 277 g/mol. The highest BCUT2D eigenvalue weighted by molar-refractivity contribution is 5.96. The van der Waals surface area contributed by atoms with Gasteiger partial charge >= 0.3 is 6.18 Å². The van der Waals surface area contributed by atoms with Crippen molar-refractivity contribution >= 4 is 5.91 Å². The minimum absolute atomic E-state index is 0.380. The molecule has 1 aromatic heterocycles. The van der Waals surface area contributed by atoms with Crippen molar-refractivity contribution in [3.63, 3.8) is 0 Å². The number of fused-ring (bicyclic) bond motifs is 1. The minimum atomic E-state index is -4.59. The second-order valence-corrected chi connectivity index (χ2v) is 4.06. The van der Waals surface area contributed by atoms with Crippen LogP contribution in [0.1, 0.15) is 17.4 Å². The van der Waals surface area contributed by atoms with Gasteiger partial charge in [0.1, 0.15) is 12.7 Å². The van der Waals surface area contributed by atoms with Crippen molar-refractivity contribution in [1.82, 2.24) is 9.58 Å². The van der Waals surface area contributed by atoms with Gasteiger partial charge in [0.25, 0.3) is 5.91 Å². The summed E-state index contributed by atoms with van der Waals surface area (Å²) in [4.78, 5) is 23.7. The van der Waals surface area contributed by atoms with Gasteiger partial charge in [0.15, 0.2) is 11.4 Å². The molecule has 0 fully saturated rings. The van der Waals surface area contributed by atoms with Gasteiger partial charge in [0.05, 0.1) is 0 Å². The molecular weight excluding hydrogens is 267 g/mol. The van der Waals surface area contributed by atoms with Crippen LogP contribution in [0.2, 0.25) is 0 Å². The molecule has 6 nitrogen and oxygen atoms in total. The first-order chi connectivity index (χ1) is 8.73. The van der Waals surface area contributed by atoms with Crippen molar-refractivity contribution in [2.75, 3.05) is 12.1 Å². The number of halogens is 3. The van der Waals surface area contributed by atoms with Crippen molar-refractivity contribution in [2.45, 2.75) is 19.1 Å². The first-order valence-corrected chi connectivity index (χ1v) is 5.29. The van der Waals surface area contributed by atoms with E-state index < -0.39 is 35.0 Å². The first-order valence-electron chi connectivity index (χ1n) is 5.29. The Balaban J connectivity index is 2.45. The number of carbonyl (C=O) groups excluding carboxylic acids is 1. The Morgan fingerprint density at radius 2 is 2.05 bits per heavy atom. The second-order valence-electron chi connectivity index (χ2n) is 4.06. The summed E-state index contributed by atoms with van der Waals surface area (Å²) in [6, 6.07) is -1.03. The van der Waals surface area contributed by atoms with Crippen molar-refractivity contribution in [2.24, 2.45) is 0 Å². The molecule has 2 heterocycles. The molecule has 1 unspecified atom stereocenters. The Bertz CT molecular complexity index is 582. The van der Waals surface area contributed by atoms with Gasteiger partial charge < -0.3 is 15.4 Å². The Kier molecular flexibility index (Phi) is 2.91. The number of nitrogens with one attached hydrogen (secondary N) is 1. The number of hydrogen-bond acceptors (Lipinski definition) is 4. The molecule has 0 radical (unpaired) electrons. The van der Waals surface area contributed by atoms with E-state index in [2.05, 4.69) is 5.43 Å². The largest absolute Gasteiger partial charge is 0.502 e. The zero-order valence-electron chi connectivity index (χ0n) is 9.73. The van der Waals surface area contributed by atoms with Gasteiger partial charge in [-0.2, -0.15) is 13.2 Å². The quantitative estimate of drug-likeness (QED) is 0.782. The molecule has 1 aliphatic rings. The number of alkyl halides is 3. The predicted octanol–water partition coefficient (Wildman–Crippen LogP) is 0.462. The van der Waals surface area contributed by atoms with E-state index in [1.807, 2.05) is 0 Å². The number of hydrogen-bond donors (Lipinski definition) is 2. The van der Waals surface area contributed by atoms with E-state index in [1.54, 1.807) is 0 Å². The van der Waals surface area contributed by atoms with Crippen LogP contribution in [-0.2, 0) is 0 Å². The molecule has 0 saturated heterocycles. The maximum Gasteiger partial charge on any atom is 0.408 e. The average molecular weight is 277 g/mol. The molecule has 0 saturated carbocycles. The summed E-state index contributed by atoms with van der Waals surface area (Å²) in [6.07, 6.45) is -3.42.